The van der Waals surface area contributed by atoms with Crippen LogP contribution in [0.15, 0.2) is 42.6 Å². The Hall–Kier alpha value is -3.56. The fraction of sp³-hybridized carbons (Fsp3) is 0.259. The Morgan fingerprint density at radius 1 is 1.21 bits per heavy atom. The molecule has 1 N–H and O–H groups in total. The van der Waals surface area contributed by atoms with Crippen LogP contribution < -0.4 is 5.32 Å². The number of hydrogen-bond acceptors (Lipinski definition) is 5. The molecule has 33 heavy (non-hydrogen) atoms. The van der Waals surface area contributed by atoms with Crippen molar-refractivity contribution in [2.45, 2.75) is 40.0 Å². The number of thiophene rings is 1. The first-order valence-corrected chi connectivity index (χ1v) is 12.0. The maximum atomic E-state index is 13.6. The van der Waals surface area contributed by atoms with Crippen LogP contribution in [0.1, 0.15) is 50.8 Å². The molecule has 3 aromatic heterocycles. The van der Waals surface area contributed by atoms with Crippen molar-refractivity contribution in [2.75, 3.05) is 5.32 Å². The summed E-state index contributed by atoms with van der Waals surface area (Å²) in [7, 11) is 0. The fourth-order valence-corrected chi connectivity index (χ4v) is 6.00. The van der Waals surface area contributed by atoms with Crippen LogP contribution in [0.3, 0.4) is 0 Å². The Kier molecular flexibility index (Phi) is 5.43. The van der Waals surface area contributed by atoms with Crippen LogP contribution >= 0.6 is 11.3 Å². The number of hydrogen-bond donors (Lipinski definition) is 1. The summed E-state index contributed by atoms with van der Waals surface area (Å²) in [4.78, 5) is 24.1. The summed E-state index contributed by atoms with van der Waals surface area (Å²) in [6, 6.07) is 13.9. The topological polar surface area (TPSA) is 78.7 Å². The summed E-state index contributed by atoms with van der Waals surface area (Å²) < 4.78 is 0. The lowest BCUT2D eigenvalue weighted by Gasteiger charge is -2.17. The number of benzene rings is 1. The summed E-state index contributed by atoms with van der Waals surface area (Å²) in [5, 5.41) is 14.4. The van der Waals surface area contributed by atoms with Crippen molar-refractivity contribution in [1.82, 2.24) is 9.97 Å². The highest BCUT2D eigenvalue weighted by Crippen LogP contribution is 2.39. The highest BCUT2D eigenvalue weighted by atomic mass is 32.1. The number of nitrogens with zero attached hydrogens (tertiary/aromatic N) is 3. The minimum atomic E-state index is -0.229. The molecule has 3 heterocycles. The van der Waals surface area contributed by atoms with Gasteiger partial charge in [0.05, 0.1) is 28.0 Å². The van der Waals surface area contributed by atoms with Gasteiger partial charge in [0, 0.05) is 16.5 Å². The second-order valence-corrected chi connectivity index (χ2v) is 9.98. The number of anilines is 1. The first-order chi connectivity index (χ1) is 15.9. The van der Waals surface area contributed by atoms with Crippen LogP contribution in [-0.2, 0) is 12.8 Å². The molecule has 0 unspecified atom stereocenters. The average molecular weight is 453 g/mol. The Morgan fingerprint density at radius 2 is 2.06 bits per heavy atom. The molecule has 0 aliphatic heterocycles. The van der Waals surface area contributed by atoms with Crippen molar-refractivity contribution >= 4 is 33.1 Å². The smallest absolute Gasteiger partial charge is 0.257 e. The van der Waals surface area contributed by atoms with Gasteiger partial charge in [0.2, 0.25) is 0 Å². The molecule has 1 aliphatic carbocycles. The zero-order valence-electron chi connectivity index (χ0n) is 18.9. The third-order valence-corrected chi connectivity index (χ3v) is 7.44. The molecule has 1 aromatic carbocycles. The van der Waals surface area contributed by atoms with Crippen LogP contribution in [-0.4, -0.2) is 15.9 Å². The van der Waals surface area contributed by atoms with Gasteiger partial charge >= 0.3 is 0 Å². The second kappa shape index (κ2) is 8.42. The number of nitrogens with one attached hydrogen (secondary N) is 1. The first kappa shape index (κ1) is 21.3. The van der Waals surface area contributed by atoms with Gasteiger partial charge in [-0.3, -0.25) is 9.78 Å². The quantitative estimate of drug-likeness (QED) is 0.400. The number of carbonyl (C=O) groups excluding carboxylic acids is 1. The average Bonchev–Trinajstić information content (AvgIpc) is 3.14. The van der Waals surface area contributed by atoms with Crippen LogP contribution in [0.2, 0.25) is 0 Å². The summed E-state index contributed by atoms with van der Waals surface area (Å²) in [6.45, 7) is 6.26. The minimum absolute atomic E-state index is 0.229. The van der Waals surface area contributed by atoms with E-state index in [9.17, 15) is 10.1 Å². The van der Waals surface area contributed by atoms with Crippen molar-refractivity contribution in [2.24, 2.45) is 5.92 Å². The number of aromatic nitrogens is 2. The van der Waals surface area contributed by atoms with E-state index in [0.29, 0.717) is 33.4 Å². The fourth-order valence-electron chi connectivity index (χ4n) is 4.64. The lowest BCUT2D eigenvalue weighted by atomic mass is 9.88. The maximum Gasteiger partial charge on any atom is 0.257 e. The van der Waals surface area contributed by atoms with Gasteiger partial charge < -0.3 is 5.32 Å². The normalized spacial score (nSPS) is 15.2. The van der Waals surface area contributed by atoms with Gasteiger partial charge in [-0.2, -0.15) is 5.26 Å². The number of pyridine rings is 2. The van der Waals surface area contributed by atoms with E-state index in [4.69, 9.17) is 4.98 Å². The van der Waals surface area contributed by atoms with Gasteiger partial charge in [-0.25, -0.2) is 4.98 Å². The predicted octanol–water partition coefficient (Wildman–Crippen LogP) is 6.22. The van der Waals surface area contributed by atoms with Crippen molar-refractivity contribution in [3.63, 3.8) is 0 Å². The molecule has 0 radical (unpaired) electrons. The molecule has 1 atom stereocenters. The van der Waals surface area contributed by atoms with Gasteiger partial charge in [0.15, 0.2) is 0 Å². The molecule has 1 amide bonds. The molecule has 4 aromatic rings. The Morgan fingerprint density at radius 3 is 2.82 bits per heavy atom. The molecule has 5 nitrogen and oxygen atoms in total. The van der Waals surface area contributed by atoms with Crippen molar-refractivity contribution in [3.05, 3.63) is 75.3 Å². The molecule has 1 aliphatic rings. The largest absolute Gasteiger partial charge is 0.312 e. The Bertz CT molecular complexity index is 1430. The molecule has 0 saturated carbocycles. The zero-order chi connectivity index (χ0) is 23.1. The molecule has 0 spiro atoms. The number of amides is 1. The van der Waals surface area contributed by atoms with Crippen LogP contribution in [0.4, 0.5) is 5.00 Å². The van der Waals surface area contributed by atoms with E-state index in [2.05, 4.69) is 29.4 Å². The van der Waals surface area contributed by atoms with Crippen LogP contribution in [0.5, 0.6) is 0 Å². The SMILES string of the molecule is Cc1cc(C)c2nc(-c3ccccn3)cc(C(=O)Nc3sc4c(c3C#N)CC[C@@H](C)C4)c2c1. The molecular formula is C27H24N4OS. The Labute approximate surface area is 197 Å². The molecule has 164 valence electrons. The summed E-state index contributed by atoms with van der Waals surface area (Å²) in [6.07, 6.45) is 4.66. The number of nitriles is 1. The summed E-state index contributed by atoms with van der Waals surface area (Å²) in [5.74, 6) is 0.370. The van der Waals surface area contributed by atoms with Crippen molar-refractivity contribution in [3.8, 4) is 17.5 Å². The van der Waals surface area contributed by atoms with Crippen molar-refractivity contribution in [1.29, 1.82) is 5.26 Å². The lowest BCUT2D eigenvalue weighted by Crippen LogP contribution is -2.14. The van der Waals surface area contributed by atoms with E-state index in [1.54, 1.807) is 23.6 Å². The molecule has 0 saturated heterocycles. The summed E-state index contributed by atoms with van der Waals surface area (Å²) in [5.41, 5.74) is 6.49. The molecule has 5 rings (SSSR count). The van der Waals surface area contributed by atoms with E-state index in [-0.39, 0.29) is 5.91 Å². The van der Waals surface area contributed by atoms with Gasteiger partial charge in [-0.15, -0.1) is 11.3 Å². The second-order valence-electron chi connectivity index (χ2n) is 8.87. The van der Waals surface area contributed by atoms with E-state index in [0.717, 1.165) is 46.9 Å². The van der Waals surface area contributed by atoms with E-state index < -0.39 is 0 Å². The predicted molar refractivity (Wildman–Crippen MR) is 133 cm³/mol. The Balaban J connectivity index is 1.62. The molecule has 6 heteroatoms. The van der Waals surface area contributed by atoms with Gasteiger partial charge in [-0.1, -0.05) is 24.6 Å². The number of carbonyl (C=O) groups is 1. The molecule has 0 bridgehead atoms. The number of rotatable bonds is 3. The van der Waals surface area contributed by atoms with Crippen molar-refractivity contribution < 1.29 is 4.79 Å². The molecular weight excluding hydrogens is 428 g/mol. The van der Waals surface area contributed by atoms with Gasteiger partial charge in [0.25, 0.3) is 5.91 Å². The van der Waals surface area contributed by atoms with Crippen LogP contribution in [0.25, 0.3) is 22.3 Å². The summed E-state index contributed by atoms with van der Waals surface area (Å²) >= 11 is 1.54. The number of aryl methyl sites for hydroxylation is 2. The number of fused-ring (bicyclic) bond motifs is 2. The van der Waals surface area contributed by atoms with Gasteiger partial charge in [0.1, 0.15) is 11.1 Å². The van der Waals surface area contributed by atoms with E-state index in [1.807, 2.05) is 38.1 Å². The highest BCUT2D eigenvalue weighted by Gasteiger charge is 2.25. The van der Waals surface area contributed by atoms with E-state index >= 15 is 0 Å². The maximum absolute atomic E-state index is 13.6. The van der Waals surface area contributed by atoms with Gasteiger partial charge in [-0.05, 0) is 74.4 Å². The lowest BCUT2D eigenvalue weighted by molar-refractivity contribution is 0.102. The first-order valence-electron chi connectivity index (χ1n) is 11.1. The standard InChI is InChI=1S/C27H24N4OS/c1-15-7-8-18-21(14-28)27(33-24(18)12-15)31-26(32)20-13-23(22-6-4-5-9-29-22)30-25-17(3)10-16(2)11-19(20)25/h4-6,9-11,13,15H,7-8,12H2,1-3H3,(H,31,32)/t15-/m1/s1. The third kappa shape index (κ3) is 3.90. The van der Waals surface area contributed by atoms with E-state index in [1.165, 1.54) is 4.88 Å². The zero-order valence-corrected chi connectivity index (χ0v) is 19.7. The minimum Gasteiger partial charge on any atom is -0.312 e. The van der Waals surface area contributed by atoms with Crippen LogP contribution in [0, 0.1) is 31.1 Å². The highest BCUT2D eigenvalue weighted by molar-refractivity contribution is 7.16. The molecule has 0 fully saturated rings. The third-order valence-electron chi connectivity index (χ3n) is 6.27. The monoisotopic (exact) mass is 452 g/mol.